The third-order valence-corrected chi connectivity index (χ3v) is 3.07. The molecule has 1 aromatic heterocycles. The van der Waals surface area contributed by atoms with E-state index in [9.17, 15) is 0 Å². The number of benzene rings is 2. The summed E-state index contributed by atoms with van der Waals surface area (Å²) in [6.45, 7) is 0. The topological polar surface area (TPSA) is 25.8 Å². The smallest absolute Gasteiger partial charge is 0.159 e. The lowest BCUT2D eigenvalue weighted by molar-refractivity contribution is 1.23. The Morgan fingerprint density at radius 3 is 2.59 bits per heavy atom. The Labute approximate surface area is 107 Å². The molecule has 0 aliphatic rings. The summed E-state index contributed by atoms with van der Waals surface area (Å²) in [5.74, 6) is 0.764. The highest BCUT2D eigenvalue weighted by molar-refractivity contribution is 9.10. The van der Waals surface area contributed by atoms with Crippen molar-refractivity contribution < 1.29 is 0 Å². The molecule has 3 aromatic rings. The zero-order valence-corrected chi connectivity index (χ0v) is 10.6. The molecule has 0 radical (unpaired) electrons. The molecule has 82 valence electrons. The summed E-state index contributed by atoms with van der Waals surface area (Å²) < 4.78 is 1.04. The summed E-state index contributed by atoms with van der Waals surface area (Å²) in [5, 5.41) is 1.04. The maximum absolute atomic E-state index is 4.55. The van der Waals surface area contributed by atoms with Gasteiger partial charge in [0.1, 0.15) is 0 Å². The third-order valence-electron chi connectivity index (χ3n) is 2.57. The van der Waals surface area contributed by atoms with Crippen LogP contribution in [0.25, 0.3) is 22.3 Å². The second kappa shape index (κ2) is 4.26. The molecule has 0 aliphatic heterocycles. The highest BCUT2D eigenvalue weighted by atomic mass is 79.9. The Hall–Kier alpha value is -1.74. The van der Waals surface area contributed by atoms with E-state index in [1.54, 1.807) is 0 Å². The lowest BCUT2D eigenvalue weighted by Gasteiger charge is -2.02. The zero-order valence-electron chi connectivity index (χ0n) is 8.97. The molecular weight excluding hydrogens is 276 g/mol. The molecule has 3 rings (SSSR count). The molecule has 0 saturated carbocycles. The fraction of sp³-hybridized carbons (Fsp3) is 0. The Morgan fingerprint density at radius 1 is 0.941 bits per heavy atom. The molecule has 2 aromatic carbocycles. The van der Waals surface area contributed by atoms with Crippen molar-refractivity contribution >= 4 is 26.8 Å². The van der Waals surface area contributed by atoms with Crippen molar-refractivity contribution in [2.45, 2.75) is 0 Å². The first-order valence-electron chi connectivity index (χ1n) is 5.31. The van der Waals surface area contributed by atoms with Gasteiger partial charge >= 0.3 is 0 Å². The predicted octanol–water partition coefficient (Wildman–Crippen LogP) is 4.06. The van der Waals surface area contributed by atoms with E-state index in [0.29, 0.717) is 0 Å². The molecule has 2 nitrogen and oxygen atoms in total. The quantitative estimate of drug-likeness (QED) is 0.673. The molecule has 17 heavy (non-hydrogen) atoms. The number of hydrogen-bond acceptors (Lipinski definition) is 2. The first-order valence-corrected chi connectivity index (χ1v) is 6.10. The highest BCUT2D eigenvalue weighted by Gasteiger charge is 2.02. The SMILES string of the molecule is Brc1ccc2nc(-c3ccccc3)ncc2c1. The fourth-order valence-corrected chi connectivity index (χ4v) is 2.11. The van der Waals surface area contributed by atoms with Gasteiger partial charge in [-0.05, 0) is 18.2 Å². The summed E-state index contributed by atoms with van der Waals surface area (Å²) in [5.41, 5.74) is 2.00. The molecule has 0 unspecified atom stereocenters. The molecular formula is C14H9BrN2. The Balaban J connectivity index is 2.17. The predicted molar refractivity (Wildman–Crippen MR) is 72.7 cm³/mol. The van der Waals surface area contributed by atoms with Gasteiger partial charge in [-0.3, -0.25) is 0 Å². The van der Waals surface area contributed by atoms with Gasteiger partial charge in [-0.15, -0.1) is 0 Å². The van der Waals surface area contributed by atoms with Crippen LogP contribution in [-0.2, 0) is 0 Å². The highest BCUT2D eigenvalue weighted by Crippen LogP contribution is 2.20. The molecule has 0 spiro atoms. The number of hydrogen-bond donors (Lipinski definition) is 0. The van der Waals surface area contributed by atoms with Crippen LogP contribution in [0.2, 0.25) is 0 Å². The van der Waals surface area contributed by atoms with Crippen molar-refractivity contribution in [3.05, 3.63) is 59.2 Å². The molecule has 0 bridgehead atoms. The Bertz CT molecular complexity index is 665. The van der Waals surface area contributed by atoms with E-state index in [1.807, 2.05) is 54.7 Å². The minimum Gasteiger partial charge on any atom is -0.236 e. The summed E-state index contributed by atoms with van der Waals surface area (Å²) in [7, 11) is 0. The second-order valence-corrected chi connectivity index (χ2v) is 4.68. The molecule has 1 heterocycles. The standard InChI is InChI=1S/C14H9BrN2/c15-12-6-7-13-11(8-12)9-16-14(17-13)10-4-2-1-3-5-10/h1-9H. The first-order chi connectivity index (χ1) is 8.33. The lowest BCUT2D eigenvalue weighted by atomic mass is 10.2. The van der Waals surface area contributed by atoms with Crippen molar-refractivity contribution in [1.82, 2.24) is 9.97 Å². The van der Waals surface area contributed by atoms with Crippen LogP contribution in [0.5, 0.6) is 0 Å². The molecule has 0 N–H and O–H groups in total. The van der Waals surface area contributed by atoms with Crippen molar-refractivity contribution in [3.63, 3.8) is 0 Å². The van der Waals surface area contributed by atoms with Crippen molar-refractivity contribution in [1.29, 1.82) is 0 Å². The lowest BCUT2D eigenvalue weighted by Crippen LogP contribution is -1.89. The molecule has 3 heteroatoms. The minimum absolute atomic E-state index is 0.764. The fourth-order valence-electron chi connectivity index (χ4n) is 1.73. The number of halogens is 1. The molecule has 0 aliphatic carbocycles. The molecule has 0 atom stereocenters. The monoisotopic (exact) mass is 284 g/mol. The van der Waals surface area contributed by atoms with Crippen LogP contribution in [0.1, 0.15) is 0 Å². The normalized spacial score (nSPS) is 10.6. The second-order valence-electron chi connectivity index (χ2n) is 3.76. The van der Waals surface area contributed by atoms with Gasteiger partial charge in [0.15, 0.2) is 5.82 Å². The van der Waals surface area contributed by atoms with E-state index in [4.69, 9.17) is 0 Å². The van der Waals surface area contributed by atoms with Gasteiger partial charge in [-0.25, -0.2) is 9.97 Å². The number of fused-ring (bicyclic) bond motifs is 1. The van der Waals surface area contributed by atoms with Gasteiger partial charge in [-0.2, -0.15) is 0 Å². The van der Waals surface area contributed by atoms with Crippen molar-refractivity contribution in [2.75, 3.05) is 0 Å². The van der Waals surface area contributed by atoms with E-state index in [0.717, 1.165) is 26.8 Å². The Kier molecular flexibility index (Phi) is 2.61. The first kappa shape index (κ1) is 10.4. The average molecular weight is 285 g/mol. The van der Waals surface area contributed by atoms with Crippen molar-refractivity contribution in [3.8, 4) is 11.4 Å². The summed E-state index contributed by atoms with van der Waals surface area (Å²) in [4.78, 5) is 8.94. The van der Waals surface area contributed by atoms with Gasteiger partial charge < -0.3 is 0 Å². The van der Waals surface area contributed by atoms with E-state index in [2.05, 4.69) is 25.9 Å². The number of rotatable bonds is 1. The van der Waals surface area contributed by atoms with E-state index >= 15 is 0 Å². The molecule has 0 amide bonds. The van der Waals surface area contributed by atoms with Gasteiger partial charge in [0, 0.05) is 21.6 Å². The average Bonchev–Trinajstić information content (AvgIpc) is 2.39. The summed E-state index contributed by atoms with van der Waals surface area (Å²) in [6, 6.07) is 16.0. The van der Waals surface area contributed by atoms with Crippen LogP contribution in [0, 0.1) is 0 Å². The van der Waals surface area contributed by atoms with E-state index in [1.165, 1.54) is 0 Å². The van der Waals surface area contributed by atoms with Gasteiger partial charge in [0.25, 0.3) is 0 Å². The van der Waals surface area contributed by atoms with Crippen LogP contribution >= 0.6 is 15.9 Å². The maximum atomic E-state index is 4.55. The van der Waals surface area contributed by atoms with E-state index in [-0.39, 0.29) is 0 Å². The molecule has 0 saturated heterocycles. The number of aromatic nitrogens is 2. The van der Waals surface area contributed by atoms with Crippen LogP contribution in [0.15, 0.2) is 59.2 Å². The van der Waals surface area contributed by atoms with Gasteiger partial charge in [0.2, 0.25) is 0 Å². The van der Waals surface area contributed by atoms with Crippen LogP contribution in [-0.4, -0.2) is 9.97 Å². The van der Waals surface area contributed by atoms with Gasteiger partial charge in [0.05, 0.1) is 5.52 Å². The molecule has 0 fully saturated rings. The van der Waals surface area contributed by atoms with Crippen LogP contribution in [0.4, 0.5) is 0 Å². The zero-order chi connectivity index (χ0) is 11.7. The Morgan fingerprint density at radius 2 is 1.76 bits per heavy atom. The third kappa shape index (κ3) is 2.06. The minimum atomic E-state index is 0.764. The van der Waals surface area contributed by atoms with E-state index < -0.39 is 0 Å². The summed E-state index contributed by atoms with van der Waals surface area (Å²) in [6.07, 6.45) is 1.86. The van der Waals surface area contributed by atoms with Crippen molar-refractivity contribution in [2.24, 2.45) is 0 Å². The van der Waals surface area contributed by atoms with Gasteiger partial charge in [-0.1, -0.05) is 46.3 Å². The largest absolute Gasteiger partial charge is 0.236 e. The van der Waals surface area contributed by atoms with Crippen LogP contribution < -0.4 is 0 Å². The number of nitrogens with zero attached hydrogens (tertiary/aromatic N) is 2. The summed E-state index contributed by atoms with van der Waals surface area (Å²) >= 11 is 3.44. The van der Waals surface area contributed by atoms with Crippen LogP contribution in [0.3, 0.4) is 0 Å². The maximum Gasteiger partial charge on any atom is 0.159 e.